The molecule has 0 heterocycles. The molecular formula is C12H26O4SSi2. The van der Waals surface area contributed by atoms with Crippen LogP contribution in [0.25, 0.3) is 0 Å². The molecule has 7 heteroatoms. The molecule has 0 aliphatic carbocycles. The monoisotopic (exact) mass is 322 g/mol. The second-order valence-electron chi connectivity index (χ2n) is 5.13. The van der Waals surface area contributed by atoms with Gasteiger partial charge in [0.25, 0.3) is 0 Å². The van der Waals surface area contributed by atoms with E-state index < -0.39 is 8.32 Å². The third kappa shape index (κ3) is 9.81. The first-order chi connectivity index (χ1) is 8.67. The summed E-state index contributed by atoms with van der Waals surface area (Å²) >= 11 is 3.80. The molecule has 0 bridgehead atoms. The van der Waals surface area contributed by atoms with E-state index in [2.05, 4.69) is 12.6 Å². The second kappa shape index (κ2) is 9.30. The summed E-state index contributed by atoms with van der Waals surface area (Å²) < 4.78 is 18.0. The summed E-state index contributed by atoms with van der Waals surface area (Å²) in [4.78, 5) is 11.0. The summed E-state index contributed by atoms with van der Waals surface area (Å²) in [6, 6.07) is 0.709. The van der Waals surface area contributed by atoms with Gasteiger partial charge in [0.1, 0.15) is 9.04 Å². The summed E-state index contributed by atoms with van der Waals surface area (Å²) in [6.45, 7) is 11.9. The molecule has 0 rings (SSSR count). The van der Waals surface area contributed by atoms with Crippen molar-refractivity contribution in [2.75, 3.05) is 0 Å². The van der Waals surface area contributed by atoms with Crippen molar-refractivity contribution in [2.45, 2.75) is 72.3 Å². The molecule has 0 aliphatic rings. The van der Waals surface area contributed by atoms with Crippen LogP contribution < -0.4 is 0 Å². The van der Waals surface area contributed by atoms with Gasteiger partial charge in [0.2, 0.25) is 0 Å². The number of hydrogen-bond donors (Lipinski definition) is 1. The Morgan fingerprint density at radius 2 is 1.37 bits per heavy atom. The van der Waals surface area contributed by atoms with Gasteiger partial charge in [0.15, 0.2) is 5.12 Å². The molecule has 2 radical (unpaired) electrons. The molecule has 0 fully saturated rings. The Balaban J connectivity index is 4.82. The maximum absolute atomic E-state index is 11.0. The van der Waals surface area contributed by atoms with Gasteiger partial charge < -0.3 is 13.3 Å². The van der Waals surface area contributed by atoms with E-state index in [-0.39, 0.29) is 23.4 Å². The SMILES string of the molecule is CC(C)O[Si](OC(C)C)(OC(C)C)[Si]CCC(=O)S. The number of hydrogen-bond acceptors (Lipinski definition) is 4. The van der Waals surface area contributed by atoms with Crippen LogP contribution in [0.5, 0.6) is 0 Å². The molecule has 0 aromatic heterocycles. The highest BCUT2D eigenvalue weighted by atomic mass is 32.1. The van der Waals surface area contributed by atoms with Crippen molar-refractivity contribution in [3.8, 4) is 0 Å². The van der Waals surface area contributed by atoms with E-state index in [9.17, 15) is 4.79 Å². The lowest BCUT2D eigenvalue weighted by atomic mass is 10.5. The molecule has 0 unspecified atom stereocenters. The molecule has 0 spiro atoms. The maximum Gasteiger partial charge on any atom is 0.464 e. The predicted molar refractivity (Wildman–Crippen MR) is 83.6 cm³/mol. The molecule has 0 N–H and O–H groups in total. The van der Waals surface area contributed by atoms with Crippen LogP contribution in [-0.2, 0) is 18.1 Å². The number of thiol groups is 1. The number of carbonyl (C=O) groups is 1. The van der Waals surface area contributed by atoms with E-state index in [0.717, 1.165) is 0 Å². The standard InChI is InChI=1S/C12H26O4SSi2/c1-9(2)14-19(15-10(3)4,16-11(5)6)18-8-7-12(13)17/h9-11H,7-8H2,1-6H3,(H,13,17). The van der Waals surface area contributed by atoms with E-state index in [0.29, 0.717) is 21.5 Å². The van der Waals surface area contributed by atoms with Crippen molar-refractivity contribution >= 4 is 35.1 Å². The van der Waals surface area contributed by atoms with Crippen molar-refractivity contribution in [1.82, 2.24) is 0 Å². The number of rotatable bonds is 10. The van der Waals surface area contributed by atoms with Crippen LogP contribution in [0.2, 0.25) is 6.04 Å². The van der Waals surface area contributed by atoms with Crippen LogP contribution in [0.4, 0.5) is 0 Å². The highest BCUT2D eigenvalue weighted by Crippen LogP contribution is 2.18. The summed E-state index contributed by atoms with van der Waals surface area (Å²) in [5.74, 6) is 0. The molecule has 112 valence electrons. The van der Waals surface area contributed by atoms with Crippen LogP contribution in [0.1, 0.15) is 48.0 Å². The summed E-state index contributed by atoms with van der Waals surface area (Å²) in [5, 5.41) is -0.103. The lowest BCUT2D eigenvalue weighted by Crippen LogP contribution is -2.56. The fraction of sp³-hybridized carbons (Fsp3) is 0.917. The van der Waals surface area contributed by atoms with Gasteiger partial charge >= 0.3 is 8.32 Å². The van der Waals surface area contributed by atoms with E-state index in [1.807, 2.05) is 41.5 Å². The lowest BCUT2D eigenvalue weighted by molar-refractivity contribution is -0.110. The Bertz CT molecular complexity index is 246. The highest BCUT2D eigenvalue weighted by molar-refractivity contribution is 7.96. The third-order valence-electron chi connectivity index (χ3n) is 1.85. The Morgan fingerprint density at radius 3 is 1.63 bits per heavy atom. The molecule has 0 aromatic carbocycles. The van der Waals surface area contributed by atoms with Gasteiger partial charge in [0, 0.05) is 24.7 Å². The first-order valence-corrected chi connectivity index (χ1v) is 11.0. The Morgan fingerprint density at radius 1 is 1.00 bits per heavy atom. The average molecular weight is 323 g/mol. The van der Waals surface area contributed by atoms with Crippen molar-refractivity contribution in [1.29, 1.82) is 0 Å². The van der Waals surface area contributed by atoms with E-state index in [1.54, 1.807) is 0 Å². The van der Waals surface area contributed by atoms with Gasteiger partial charge in [-0.2, -0.15) is 0 Å². The molecule has 0 saturated heterocycles. The molecule has 19 heavy (non-hydrogen) atoms. The molecular weight excluding hydrogens is 296 g/mol. The highest BCUT2D eigenvalue weighted by Gasteiger charge is 2.43. The van der Waals surface area contributed by atoms with Crippen LogP contribution in [0.15, 0.2) is 0 Å². The average Bonchev–Trinajstić information content (AvgIpc) is 2.12. The van der Waals surface area contributed by atoms with Crippen LogP contribution in [0.3, 0.4) is 0 Å². The first-order valence-electron chi connectivity index (χ1n) is 6.67. The molecule has 0 aliphatic heterocycles. The molecule has 0 amide bonds. The lowest BCUT2D eigenvalue weighted by Gasteiger charge is -2.34. The maximum atomic E-state index is 11.0. The summed E-state index contributed by atoms with van der Waals surface area (Å²) in [7, 11) is -2.34. The fourth-order valence-electron chi connectivity index (χ4n) is 1.46. The van der Waals surface area contributed by atoms with Crippen molar-refractivity contribution in [2.24, 2.45) is 0 Å². The van der Waals surface area contributed by atoms with Gasteiger partial charge in [-0.15, -0.1) is 12.6 Å². The van der Waals surface area contributed by atoms with Gasteiger partial charge in [0.05, 0.1) is 0 Å². The minimum Gasteiger partial charge on any atom is -0.374 e. The minimum atomic E-state index is -2.71. The van der Waals surface area contributed by atoms with Crippen molar-refractivity contribution in [3.05, 3.63) is 0 Å². The number of carbonyl (C=O) groups excluding carboxylic acids is 1. The zero-order valence-corrected chi connectivity index (χ0v) is 15.6. The largest absolute Gasteiger partial charge is 0.464 e. The van der Waals surface area contributed by atoms with E-state index in [1.165, 1.54) is 0 Å². The Kier molecular flexibility index (Phi) is 9.47. The first kappa shape index (κ1) is 19.3. The smallest absolute Gasteiger partial charge is 0.374 e. The molecule has 0 aromatic rings. The quantitative estimate of drug-likeness (QED) is 0.496. The Hall–Kier alpha value is 0.334. The minimum absolute atomic E-state index is 0.0448. The van der Waals surface area contributed by atoms with Crippen molar-refractivity contribution in [3.63, 3.8) is 0 Å². The second-order valence-corrected chi connectivity index (χ2v) is 11.2. The topological polar surface area (TPSA) is 44.8 Å². The van der Waals surface area contributed by atoms with Crippen LogP contribution in [0, 0.1) is 0 Å². The molecule has 0 saturated carbocycles. The zero-order valence-electron chi connectivity index (χ0n) is 12.7. The summed E-state index contributed by atoms with van der Waals surface area (Å²) in [5.41, 5.74) is 0. The summed E-state index contributed by atoms with van der Waals surface area (Å²) in [6.07, 6.45) is 0.566. The van der Waals surface area contributed by atoms with Gasteiger partial charge in [-0.25, -0.2) is 0 Å². The van der Waals surface area contributed by atoms with Crippen LogP contribution >= 0.6 is 12.6 Å². The third-order valence-corrected chi connectivity index (χ3v) is 8.46. The van der Waals surface area contributed by atoms with E-state index in [4.69, 9.17) is 13.3 Å². The Labute approximate surface area is 126 Å². The zero-order chi connectivity index (χ0) is 15.1. The van der Waals surface area contributed by atoms with Crippen LogP contribution in [-0.4, -0.2) is 40.8 Å². The molecule has 4 nitrogen and oxygen atoms in total. The van der Waals surface area contributed by atoms with Gasteiger partial charge in [-0.1, -0.05) is 0 Å². The normalized spacial score (nSPS) is 12.7. The fourth-order valence-corrected chi connectivity index (χ4v) is 8.89. The van der Waals surface area contributed by atoms with E-state index >= 15 is 0 Å². The molecule has 0 atom stereocenters. The predicted octanol–water partition coefficient (Wildman–Crippen LogP) is 2.67. The van der Waals surface area contributed by atoms with Crippen molar-refractivity contribution < 1.29 is 18.1 Å². The van der Waals surface area contributed by atoms with Gasteiger partial charge in [-0.3, -0.25) is 4.79 Å². The van der Waals surface area contributed by atoms with Gasteiger partial charge in [-0.05, 0) is 47.6 Å².